The summed E-state index contributed by atoms with van der Waals surface area (Å²) in [6.45, 7) is 7.04. The lowest BCUT2D eigenvalue weighted by Gasteiger charge is -2.29. The number of aryl methyl sites for hydroxylation is 2. The summed E-state index contributed by atoms with van der Waals surface area (Å²) in [4.78, 5) is 25.8. The predicted octanol–water partition coefficient (Wildman–Crippen LogP) is 6.35. The normalized spacial score (nSPS) is 15.3. The lowest BCUT2D eigenvalue weighted by Crippen LogP contribution is -2.28. The molecular weight excluding hydrogens is 434 g/mol. The minimum atomic E-state index is 0.159. The number of hydrogen-bond donors (Lipinski definition) is 1. The largest absolute Gasteiger partial charge is 0.365 e. The summed E-state index contributed by atoms with van der Waals surface area (Å²) in [6.07, 6.45) is 7.03. The van der Waals surface area contributed by atoms with E-state index >= 15 is 0 Å². The Hall–Kier alpha value is -3.54. The van der Waals surface area contributed by atoms with Gasteiger partial charge in [-0.2, -0.15) is 0 Å². The Kier molecular flexibility index (Phi) is 6.62. The lowest BCUT2D eigenvalue weighted by molar-refractivity contribution is 0.111. The summed E-state index contributed by atoms with van der Waals surface area (Å²) < 4.78 is 2.19. The maximum atomic E-state index is 11.7. The Morgan fingerprint density at radius 1 is 1.00 bits per heavy atom. The molecule has 5 rings (SSSR count). The van der Waals surface area contributed by atoms with Crippen molar-refractivity contribution < 1.29 is 4.79 Å². The molecule has 2 aromatic heterocycles. The van der Waals surface area contributed by atoms with E-state index < -0.39 is 0 Å². The molecule has 1 aliphatic rings. The van der Waals surface area contributed by atoms with Crippen molar-refractivity contribution in [3.63, 3.8) is 0 Å². The van der Waals surface area contributed by atoms with Crippen LogP contribution in [0.15, 0.2) is 48.5 Å². The van der Waals surface area contributed by atoms with Crippen LogP contribution in [0.1, 0.15) is 66.3 Å². The van der Waals surface area contributed by atoms with Crippen LogP contribution >= 0.6 is 0 Å². The standard InChI is InChI=1S/C29H33N5O/c1-19-12-14-22(15-13-19)17-34-26-27(30-21(3)23-9-5-4-6-10-23)31-25(18-35)32-28(26)33-29(34)24-11-7-8-20(2)16-24/h7-8,11-16,18,21,23H,4-6,9-10,17H2,1-3H3,(H,30,31,32)/t21-/m1/s1. The first-order valence-electron chi connectivity index (χ1n) is 12.6. The van der Waals surface area contributed by atoms with E-state index in [4.69, 9.17) is 4.98 Å². The number of carbonyl (C=O) groups is 1. The van der Waals surface area contributed by atoms with Crippen LogP contribution in [0.25, 0.3) is 22.6 Å². The number of nitrogens with one attached hydrogen (secondary N) is 1. The number of anilines is 1. The van der Waals surface area contributed by atoms with Crippen molar-refractivity contribution in [1.82, 2.24) is 19.5 Å². The van der Waals surface area contributed by atoms with Gasteiger partial charge in [-0.1, -0.05) is 72.9 Å². The fraction of sp³-hybridized carbons (Fsp3) is 0.379. The number of nitrogens with zero attached hydrogens (tertiary/aromatic N) is 4. The Morgan fingerprint density at radius 2 is 1.77 bits per heavy atom. The van der Waals surface area contributed by atoms with Crippen molar-refractivity contribution in [2.75, 3.05) is 5.32 Å². The highest BCUT2D eigenvalue weighted by Gasteiger charge is 2.24. The summed E-state index contributed by atoms with van der Waals surface area (Å²) in [7, 11) is 0. The molecule has 4 aromatic rings. The van der Waals surface area contributed by atoms with E-state index in [9.17, 15) is 4.79 Å². The van der Waals surface area contributed by atoms with Crippen LogP contribution in [0.2, 0.25) is 0 Å². The van der Waals surface area contributed by atoms with E-state index in [1.54, 1.807) is 0 Å². The minimum Gasteiger partial charge on any atom is -0.365 e. The maximum absolute atomic E-state index is 11.7. The third-order valence-electron chi connectivity index (χ3n) is 7.18. The van der Waals surface area contributed by atoms with Crippen LogP contribution in [-0.4, -0.2) is 31.8 Å². The van der Waals surface area contributed by atoms with E-state index in [-0.39, 0.29) is 11.9 Å². The van der Waals surface area contributed by atoms with Gasteiger partial charge < -0.3 is 9.88 Å². The fourth-order valence-electron chi connectivity index (χ4n) is 5.21. The molecule has 6 nitrogen and oxygen atoms in total. The summed E-state index contributed by atoms with van der Waals surface area (Å²) in [5, 5.41) is 3.67. The topological polar surface area (TPSA) is 72.7 Å². The average molecular weight is 468 g/mol. The van der Waals surface area contributed by atoms with Gasteiger partial charge >= 0.3 is 0 Å². The zero-order valence-corrected chi connectivity index (χ0v) is 20.8. The van der Waals surface area contributed by atoms with Gasteiger partial charge in [0.2, 0.25) is 0 Å². The Morgan fingerprint density at radius 3 is 2.49 bits per heavy atom. The monoisotopic (exact) mass is 467 g/mol. The number of benzene rings is 2. The van der Waals surface area contributed by atoms with E-state index in [1.807, 2.05) is 6.07 Å². The highest BCUT2D eigenvalue weighted by molar-refractivity contribution is 5.89. The van der Waals surface area contributed by atoms with Crippen molar-refractivity contribution in [1.29, 1.82) is 0 Å². The number of rotatable bonds is 7. The molecule has 1 fully saturated rings. The first-order valence-corrected chi connectivity index (χ1v) is 12.6. The van der Waals surface area contributed by atoms with Gasteiger partial charge in [0.1, 0.15) is 11.3 Å². The third-order valence-corrected chi connectivity index (χ3v) is 7.18. The lowest BCUT2D eigenvalue weighted by atomic mass is 9.84. The Balaban J connectivity index is 1.66. The highest BCUT2D eigenvalue weighted by atomic mass is 16.1. The second kappa shape index (κ2) is 9.98. The van der Waals surface area contributed by atoms with Crippen molar-refractivity contribution in [2.45, 2.75) is 65.5 Å². The molecule has 0 radical (unpaired) electrons. The second-order valence-electron chi connectivity index (χ2n) is 9.93. The van der Waals surface area contributed by atoms with Crippen molar-refractivity contribution in [2.24, 2.45) is 5.92 Å². The van der Waals surface area contributed by atoms with E-state index in [2.05, 4.69) is 83.1 Å². The molecule has 6 heteroatoms. The fourth-order valence-corrected chi connectivity index (χ4v) is 5.21. The second-order valence-corrected chi connectivity index (χ2v) is 9.93. The number of imidazole rings is 1. The molecule has 1 aliphatic carbocycles. The summed E-state index contributed by atoms with van der Waals surface area (Å²) in [6, 6.07) is 17.2. The zero-order chi connectivity index (χ0) is 24.4. The van der Waals surface area contributed by atoms with Gasteiger partial charge in [-0.25, -0.2) is 15.0 Å². The van der Waals surface area contributed by atoms with Gasteiger partial charge in [-0.05, 0) is 51.2 Å². The van der Waals surface area contributed by atoms with Crippen LogP contribution in [0, 0.1) is 19.8 Å². The Labute approximate surface area is 206 Å². The molecule has 0 bridgehead atoms. The van der Waals surface area contributed by atoms with Crippen molar-refractivity contribution in [3.8, 4) is 11.4 Å². The highest BCUT2D eigenvalue weighted by Crippen LogP contribution is 2.32. The van der Waals surface area contributed by atoms with Gasteiger partial charge in [0.05, 0.1) is 0 Å². The van der Waals surface area contributed by atoms with Crippen LogP contribution in [0.4, 0.5) is 5.82 Å². The molecule has 2 aromatic carbocycles. The molecular formula is C29H33N5O. The van der Waals surface area contributed by atoms with Crippen LogP contribution in [0.5, 0.6) is 0 Å². The molecule has 2 heterocycles. The molecule has 1 N–H and O–H groups in total. The van der Waals surface area contributed by atoms with Crippen LogP contribution in [-0.2, 0) is 6.54 Å². The van der Waals surface area contributed by atoms with E-state index in [0.29, 0.717) is 30.2 Å². The molecule has 180 valence electrons. The predicted molar refractivity (Wildman–Crippen MR) is 141 cm³/mol. The first kappa shape index (κ1) is 23.2. The maximum Gasteiger partial charge on any atom is 0.196 e. The van der Waals surface area contributed by atoms with Crippen LogP contribution in [0.3, 0.4) is 0 Å². The molecule has 1 atom stereocenters. The number of carbonyl (C=O) groups excluding carboxylic acids is 1. The zero-order valence-electron chi connectivity index (χ0n) is 20.8. The third kappa shape index (κ3) is 4.97. The van der Waals surface area contributed by atoms with Gasteiger partial charge in [-0.15, -0.1) is 0 Å². The Bertz CT molecular complexity index is 1340. The molecule has 35 heavy (non-hydrogen) atoms. The molecule has 0 unspecified atom stereocenters. The quantitative estimate of drug-likeness (QED) is 0.321. The molecule has 0 aliphatic heterocycles. The van der Waals surface area contributed by atoms with Crippen molar-refractivity contribution in [3.05, 3.63) is 71.0 Å². The van der Waals surface area contributed by atoms with Gasteiger partial charge in [-0.3, -0.25) is 4.79 Å². The minimum absolute atomic E-state index is 0.159. The number of hydrogen-bond acceptors (Lipinski definition) is 5. The summed E-state index contributed by atoms with van der Waals surface area (Å²) in [5.41, 5.74) is 5.98. The summed E-state index contributed by atoms with van der Waals surface area (Å²) in [5.74, 6) is 2.27. The molecule has 1 saturated carbocycles. The number of aldehydes is 1. The molecule has 0 saturated heterocycles. The molecule has 0 amide bonds. The average Bonchev–Trinajstić information content (AvgIpc) is 3.24. The van der Waals surface area contributed by atoms with Gasteiger partial charge in [0.25, 0.3) is 0 Å². The van der Waals surface area contributed by atoms with Crippen LogP contribution < -0.4 is 5.32 Å². The smallest absolute Gasteiger partial charge is 0.196 e. The van der Waals surface area contributed by atoms with Crippen molar-refractivity contribution >= 4 is 23.3 Å². The number of fused-ring (bicyclic) bond motifs is 1. The van der Waals surface area contributed by atoms with Gasteiger partial charge in [0.15, 0.2) is 23.6 Å². The first-order chi connectivity index (χ1) is 17.0. The molecule has 0 spiro atoms. The number of aromatic nitrogens is 4. The van der Waals surface area contributed by atoms with Gasteiger partial charge in [0, 0.05) is 18.2 Å². The van der Waals surface area contributed by atoms with E-state index in [0.717, 1.165) is 16.9 Å². The summed E-state index contributed by atoms with van der Waals surface area (Å²) >= 11 is 0. The van der Waals surface area contributed by atoms with E-state index in [1.165, 1.54) is 48.8 Å². The SMILES string of the molecule is Cc1ccc(Cn2c(-c3cccc(C)c3)nc3nc(C=O)nc(N[C@H](C)C4CCCCC4)c32)cc1.